The van der Waals surface area contributed by atoms with Crippen molar-refractivity contribution in [1.82, 2.24) is 0 Å². The van der Waals surface area contributed by atoms with E-state index in [4.69, 9.17) is 14.4 Å². The number of ether oxygens (including phenoxy) is 1. The monoisotopic (exact) mass is 317 g/mol. The summed E-state index contributed by atoms with van der Waals surface area (Å²) in [4.78, 5) is 11.7. The molecule has 0 amide bonds. The number of carbonyl (C=O) groups is 1. The number of rotatable bonds is 4. The maximum absolute atomic E-state index is 11.7. The summed E-state index contributed by atoms with van der Waals surface area (Å²) in [6.45, 7) is 1.91. The maximum atomic E-state index is 11.7. The van der Waals surface area contributed by atoms with Crippen LogP contribution in [0.1, 0.15) is 12.7 Å². The van der Waals surface area contributed by atoms with Crippen LogP contribution in [-0.4, -0.2) is 12.6 Å². The first-order valence-corrected chi connectivity index (χ1v) is 7.60. The Hall–Kier alpha value is -3.32. The fraction of sp³-hybridized carbons (Fsp3) is 0.100. The second kappa shape index (κ2) is 6.84. The van der Waals surface area contributed by atoms with Crippen LogP contribution in [0.4, 0.5) is 0 Å². The zero-order valence-corrected chi connectivity index (χ0v) is 13.2. The molecule has 0 saturated heterocycles. The van der Waals surface area contributed by atoms with Crippen LogP contribution in [0.5, 0.6) is 0 Å². The third kappa shape index (κ3) is 3.06. The number of nitrogens with zero attached hydrogens (tertiary/aromatic N) is 1. The average molecular weight is 317 g/mol. The molecule has 3 aromatic rings. The van der Waals surface area contributed by atoms with Gasteiger partial charge in [-0.05, 0) is 29.8 Å². The topological polar surface area (TPSA) is 63.2 Å². The predicted octanol–water partition coefficient (Wildman–Crippen LogP) is 4.57. The van der Waals surface area contributed by atoms with E-state index >= 15 is 0 Å². The Labute approximate surface area is 139 Å². The van der Waals surface area contributed by atoms with Crippen LogP contribution in [0.3, 0.4) is 0 Å². The molecule has 0 atom stereocenters. The van der Waals surface area contributed by atoms with Gasteiger partial charge in [0, 0.05) is 11.6 Å². The molecular weight excluding hydrogens is 302 g/mol. The molecule has 0 unspecified atom stereocenters. The Kier molecular flexibility index (Phi) is 4.44. The maximum Gasteiger partial charge on any atom is 0.349 e. The molecule has 1 heterocycles. The van der Waals surface area contributed by atoms with E-state index in [1.807, 2.05) is 54.6 Å². The summed E-state index contributed by atoms with van der Waals surface area (Å²) in [5, 5.41) is 11.3. The molecule has 118 valence electrons. The molecule has 0 bridgehead atoms. The van der Waals surface area contributed by atoms with Gasteiger partial charge in [-0.2, -0.15) is 5.26 Å². The van der Waals surface area contributed by atoms with Gasteiger partial charge in [0.15, 0.2) is 0 Å². The van der Waals surface area contributed by atoms with Gasteiger partial charge in [0.1, 0.15) is 23.2 Å². The van der Waals surface area contributed by atoms with Crippen molar-refractivity contribution in [2.24, 2.45) is 0 Å². The fourth-order valence-electron chi connectivity index (χ4n) is 2.50. The number of hydrogen-bond acceptors (Lipinski definition) is 4. The molecule has 0 N–H and O–H groups in total. The van der Waals surface area contributed by atoms with Crippen molar-refractivity contribution in [1.29, 1.82) is 5.26 Å². The van der Waals surface area contributed by atoms with Gasteiger partial charge in [-0.1, -0.05) is 42.5 Å². The van der Waals surface area contributed by atoms with Crippen molar-refractivity contribution in [3.05, 3.63) is 65.9 Å². The normalized spacial score (nSPS) is 11.2. The van der Waals surface area contributed by atoms with Crippen LogP contribution in [-0.2, 0) is 9.53 Å². The van der Waals surface area contributed by atoms with E-state index in [0.29, 0.717) is 11.5 Å². The van der Waals surface area contributed by atoms with E-state index in [1.165, 1.54) is 6.08 Å². The Bertz CT molecular complexity index is 955. The van der Waals surface area contributed by atoms with Crippen molar-refractivity contribution >= 4 is 22.8 Å². The number of benzene rings is 2. The number of nitriles is 1. The molecule has 0 aliphatic carbocycles. The first kappa shape index (κ1) is 15.6. The summed E-state index contributed by atoms with van der Waals surface area (Å²) in [6, 6.07) is 19.4. The highest BCUT2D eigenvalue weighted by molar-refractivity contribution is 5.98. The van der Waals surface area contributed by atoms with Gasteiger partial charge in [-0.3, -0.25) is 0 Å². The minimum Gasteiger partial charge on any atom is -0.462 e. The third-order valence-electron chi connectivity index (χ3n) is 3.58. The quantitative estimate of drug-likeness (QED) is 0.402. The molecular formula is C20H15NO3. The van der Waals surface area contributed by atoms with E-state index in [2.05, 4.69) is 0 Å². The van der Waals surface area contributed by atoms with Gasteiger partial charge in [-0.15, -0.1) is 0 Å². The van der Waals surface area contributed by atoms with Crippen molar-refractivity contribution in [3.8, 4) is 17.4 Å². The van der Waals surface area contributed by atoms with Crippen LogP contribution < -0.4 is 0 Å². The Morgan fingerprint density at radius 2 is 1.96 bits per heavy atom. The van der Waals surface area contributed by atoms with E-state index in [0.717, 1.165) is 16.3 Å². The summed E-state index contributed by atoms with van der Waals surface area (Å²) in [7, 11) is 0. The molecule has 0 fully saturated rings. The molecule has 0 aliphatic heterocycles. The Morgan fingerprint density at radius 1 is 1.17 bits per heavy atom. The second-order valence-electron chi connectivity index (χ2n) is 5.12. The minimum atomic E-state index is -0.650. The fourth-order valence-corrected chi connectivity index (χ4v) is 2.50. The van der Waals surface area contributed by atoms with E-state index in [1.54, 1.807) is 13.0 Å². The molecule has 0 aliphatic rings. The van der Waals surface area contributed by atoms with Gasteiger partial charge in [-0.25, -0.2) is 4.79 Å². The summed E-state index contributed by atoms with van der Waals surface area (Å²) < 4.78 is 10.6. The first-order chi connectivity index (χ1) is 11.7. The van der Waals surface area contributed by atoms with Gasteiger partial charge in [0.05, 0.1) is 6.61 Å². The summed E-state index contributed by atoms with van der Waals surface area (Å²) in [5.74, 6) is 0.463. The molecule has 3 rings (SSSR count). The van der Waals surface area contributed by atoms with Crippen LogP contribution in [0.2, 0.25) is 0 Å². The zero-order chi connectivity index (χ0) is 16.9. The molecule has 0 saturated carbocycles. The van der Waals surface area contributed by atoms with Crippen molar-refractivity contribution < 1.29 is 13.9 Å². The minimum absolute atomic E-state index is 0.0873. The van der Waals surface area contributed by atoms with Crippen LogP contribution >= 0.6 is 0 Å². The van der Waals surface area contributed by atoms with E-state index < -0.39 is 5.97 Å². The second-order valence-corrected chi connectivity index (χ2v) is 5.12. The highest BCUT2D eigenvalue weighted by atomic mass is 16.5. The number of carbonyl (C=O) groups excluding carboxylic acids is 1. The molecule has 1 aromatic heterocycles. The molecule has 4 nitrogen and oxygen atoms in total. The third-order valence-corrected chi connectivity index (χ3v) is 3.58. The van der Waals surface area contributed by atoms with Gasteiger partial charge in [0.2, 0.25) is 0 Å². The standard InChI is InChI=1S/C20H15NO3/c1-2-23-20(22)15(13-21)12-16-10-11-19(24-16)18-9-5-7-14-6-3-4-8-17(14)18/h3-12H,2H2,1H3/b15-12-. The number of fused-ring (bicyclic) bond motifs is 1. The molecule has 2 aromatic carbocycles. The van der Waals surface area contributed by atoms with E-state index in [9.17, 15) is 4.79 Å². The first-order valence-electron chi connectivity index (χ1n) is 7.60. The average Bonchev–Trinajstić information content (AvgIpc) is 3.07. The predicted molar refractivity (Wildman–Crippen MR) is 91.9 cm³/mol. The molecule has 0 spiro atoms. The lowest BCUT2D eigenvalue weighted by atomic mass is 10.0. The van der Waals surface area contributed by atoms with Gasteiger partial charge >= 0.3 is 5.97 Å². The highest BCUT2D eigenvalue weighted by Crippen LogP contribution is 2.30. The number of furan rings is 1. The Morgan fingerprint density at radius 3 is 2.75 bits per heavy atom. The lowest BCUT2D eigenvalue weighted by Crippen LogP contribution is -2.05. The van der Waals surface area contributed by atoms with Crippen molar-refractivity contribution in [2.75, 3.05) is 6.61 Å². The van der Waals surface area contributed by atoms with Crippen LogP contribution in [0.15, 0.2) is 64.6 Å². The summed E-state index contributed by atoms with van der Waals surface area (Å²) in [5.41, 5.74) is 0.873. The van der Waals surface area contributed by atoms with Gasteiger partial charge < -0.3 is 9.15 Å². The van der Waals surface area contributed by atoms with Crippen LogP contribution in [0.25, 0.3) is 28.2 Å². The zero-order valence-electron chi connectivity index (χ0n) is 13.2. The van der Waals surface area contributed by atoms with Crippen molar-refractivity contribution in [2.45, 2.75) is 6.92 Å². The van der Waals surface area contributed by atoms with E-state index in [-0.39, 0.29) is 12.2 Å². The number of hydrogen-bond donors (Lipinski definition) is 0. The number of esters is 1. The highest BCUT2D eigenvalue weighted by Gasteiger charge is 2.12. The summed E-state index contributed by atoms with van der Waals surface area (Å²) >= 11 is 0. The van der Waals surface area contributed by atoms with Gasteiger partial charge in [0.25, 0.3) is 0 Å². The van der Waals surface area contributed by atoms with Crippen LogP contribution in [0, 0.1) is 11.3 Å². The molecule has 24 heavy (non-hydrogen) atoms. The van der Waals surface area contributed by atoms with Crippen molar-refractivity contribution in [3.63, 3.8) is 0 Å². The largest absolute Gasteiger partial charge is 0.462 e. The SMILES string of the molecule is CCOC(=O)/C(C#N)=C\c1ccc(-c2cccc3ccccc23)o1. The lowest BCUT2D eigenvalue weighted by Gasteiger charge is -2.03. The summed E-state index contributed by atoms with van der Waals surface area (Å²) in [6.07, 6.45) is 1.40. The lowest BCUT2D eigenvalue weighted by molar-refractivity contribution is -0.137. The smallest absolute Gasteiger partial charge is 0.349 e. The molecule has 0 radical (unpaired) electrons. The Balaban J connectivity index is 1.99. The molecule has 4 heteroatoms.